The van der Waals surface area contributed by atoms with Crippen molar-refractivity contribution < 1.29 is 9.53 Å². The van der Waals surface area contributed by atoms with E-state index >= 15 is 0 Å². The summed E-state index contributed by atoms with van der Waals surface area (Å²) in [6.07, 6.45) is 2.55. The zero-order valence-electron chi connectivity index (χ0n) is 12.0. The highest BCUT2D eigenvalue weighted by Crippen LogP contribution is 2.20. The van der Waals surface area contributed by atoms with E-state index in [0.717, 1.165) is 44.0 Å². The number of carbonyl (C=O) groups is 1. The number of hydrogen-bond donors (Lipinski definition) is 1. The minimum Gasteiger partial charge on any atom is -0.494 e. The van der Waals surface area contributed by atoms with Crippen LogP contribution in [0.5, 0.6) is 5.75 Å². The summed E-state index contributed by atoms with van der Waals surface area (Å²) in [6.45, 7) is 4.49. The maximum atomic E-state index is 11.8. The normalized spacial score (nSPS) is 18.6. The van der Waals surface area contributed by atoms with Crippen LogP contribution in [0.1, 0.15) is 25.3 Å². The van der Waals surface area contributed by atoms with E-state index < -0.39 is 0 Å². The van der Waals surface area contributed by atoms with E-state index in [-0.39, 0.29) is 5.91 Å². The Bertz CT molecular complexity index is 450. The molecule has 1 aliphatic rings. The van der Waals surface area contributed by atoms with Gasteiger partial charge in [0.25, 0.3) is 0 Å². The summed E-state index contributed by atoms with van der Waals surface area (Å²) in [7, 11) is 0. The second kappa shape index (κ2) is 7.58. The largest absolute Gasteiger partial charge is 0.494 e. The fourth-order valence-electron chi connectivity index (χ4n) is 2.47. The molecule has 1 atom stereocenters. The Morgan fingerprint density at radius 2 is 2.30 bits per heavy atom. The van der Waals surface area contributed by atoms with Crippen molar-refractivity contribution in [1.82, 2.24) is 4.90 Å². The first-order valence-corrected chi connectivity index (χ1v) is 7.96. The second-order valence-electron chi connectivity index (χ2n) is 5.34. The van der Waals surface area contributed by atoms with Gasteiger partial charge in [-0.3, -0.25) is 4.79 Å². The molecule has 1 aromatic rings. The molecule has 0 N–H and O–H groups in total. The summed E-state index contributed by atoms with van der Waals surface area (Å²) < 4.78 is 5.63. The molecule has 2 rings (SSSR count). The molecule has 1 heterocycles. The standard InChI is InChI=1S/C16H23NO2S/c1-2-8-19-15-5-3-4-13(9-15)6-7-17-11-14(12-20)10-16(17)18/h3-5,9,14,20H,2,6-8,10-12H2,1H3. The lowest BCUT2D eigenvalue weighted by Gasteiger charge is -2.16. The van der Waals surface area contributed by atoms with Crippen LogP contribution in [0.4, 0.5) is 0 Å². The monoisotopic (exact) mass is 293 g/mol. The highest BCUT2D eigenvalue weighted by molar-refractivity contribution is 7.80. The Labute approximate surface area is 126 Å². The number of rotatable bonds is 7. The summed E-state index contributed by atoms with van der Waals surface area (Å²) in [4.78, 5) is 13.8. The molecule has 3 nitrogen and oxygen atoms in total. The molecule has 4 heteroatoms. The highest BCUT2D eigenvalue weighted by Gasteiger charge is 2.27. The molecule has 0 radical (unpaired) electrons. The molecule has 1 unspecified atom stereocenters. The average molecular weight is 293 g/mol. The number of benzene rings is 1. The van der Waals surface area contributed by atoms with Crippen molar-refractivity contribution in [2.45, 2.75) is 26.2 Å². The molecule has 1 amide bonds. The fourth-order valence-corrected chi connectivity index (χ4v) is 2.71. The van der Waals surface area contributed by atoms with Crippen LogP contribution < -0.4 is 4.74 Å². The molecular weight excluding hydrogens is 270 g/mol. The topological polar surface area (TPSA) is 29.5 Å². The quantitative estimate of drug-likeness (QED) is 0.783. The Balaban J connectivity index is 1.86. The Morgan fingerprint density at radius 1 is 1.45 bits per heavy atom. The first-order valence-electron chi connectivity index (χ1n) is 7.33. The van der Waals surface area contributed by atoms with E-state index in [1.807, 2.05) is 17.0 Å². The van der Waals surface area contributed by atoms with Crippen molar-refractivity contribution in [2.24, 2.45) is 5.92 Å². The zero-order valence-corrected chi connectivity index (χ0v) is 12.9. The molecule has 0 bridgehead atoms. The molecular formula is C16H23NO2S. The Hall–Kier alpha value is -1.16. The van der Waals surface area contributed by atoms with Gasteiger partial charge in [0.2, 0.25) is 5.91 Å². The third kappa shape index (κ3) is 4.17. The van der Waals surface area contributed by atoms with Crippen LogP contribution in [0.2, 0.25) is 0 Å². The summed E-state index contributed by atoms with van der Waals surface area (Å²) in [5.74, 6) is 2.40. The molecule has 0 aliphatic carbocycles. The van der Waals surface area contributed by atoms with Crippen molar-refractivity contribution in [3.63, 3.8) is 0 Å². The van der Waals surface area contributed by atoms with Crippen molar-refractivity contribution in [1.29, 1.82) is 0 Å². The van der Waals surface area contributed by atoms with Gasteiger partial charge in [0.05, 0.1) is 6.61 Å². The van der Waals surface area contributed by atoms with Crippen LogP contribution in [0.25, 0.3) is 0 Å². The van der Waals surface area contributed by atoms with Crippen LogP contribution in [0, 0.1) is 5.92 Å². The van der Waals surface area contributed by atoms with Gasteiger partial charge in [0.15, 0.2) is 0 Å². The lowest BCUT2D eigenvalue weighted by molar-refractivity contribution is -0.127. The van der Waals surface area contributed by atoms with Crippen molar-refractivity contribution >= 4 is 18.5 Å². The molecule has 1 aliphatic heterocycles. The minimum absolute atomic E-state index is 0.266. The number of hydrogen-bond acceptors (Lipinski definition) is 3. The van der Waals surface area contributed by atoms with E-state index in [2.05, 4.69) is 31.7 Å². The zero-order chi connectivity index (χ0) is 14.4. The predicted molar refractivity (Wildman–Crippen MR) is 84.5 cm³/mol. The first kappa shape index (κ1) is 15.2. The number of nitrogens with zero attached hydrogens (tertiary/aromatic N) is 1. The SMILES string of the molecule is CCCOc1cccc(CCN2CC(CS)CC2=O)c1. The van der Waals surface area contributed by atoms with E-state index in [1.165, 1.54) is 5.56 Å². The van der Waals surface area contributed by atoms with Gasteiger partial charge in [-0.25, -0.2) is 0 Å². The maximum absolute atomic E-state index is 11.8. The highest BCUT2D eigenvalue weighted by atomic mass is 32.1. The number of ether oxygens (including phenoxy) is 1. The van der Waals surface area contributed by atoms with Gasteiger partial charge >= 0.3 is 0 Å². The summed E-state index contributed by atoms with van der Waals surface area (Å²) in [5, 5.41) is 0. The van der Waals surface area contributed by atoms with Gasteiger partial charge in [-0.1, -0.05) is 19.1 Å². The van der Waals surface area contributed by atoms with E-state index in [0.29, 0.717) is 12.3 Å². The van der Waals surface area contributed by atoms with Gasteiger partial charge < -0.3 is 9.64 Å². The maximum Gasteiger partial charge on any atom is 0.222 e. The van der Waals surface area contributed by atoms with Crippen LogP contribution in [-0.4, -0.2) is 36.3 Å². The summed E-state index contributed by atoms with van der Waals surface area (Å²) in [5.41, 5.74) is 1.22. The van der Waals surface area contributed by atoms with Gasteiger partial charge in [0.1, 0.15) is 5.75 Å². The molecule has 1 saturated heterocycles. The second-order valence-corrected chi connectivity index (χ2v) is 5.70. The van der Waals surface area contributed by atoms with Gasteiger partial charge in [-0.2, -0.15) is 12.6 Å². The van der Waals surface area contributed by atoms with Crippen LogP contribution in [0.3, 0.4) is 0 Å². The molecule has 0 spiro atoms. The smallest absolute Gasteiger partial charge is 0.222 e. The van der Waals surface area contributed by atoms with Crippen molar-refractivity contribution in [2.75, 3.05) is 25.4 Å². The molecule has 0 aromatic heterocycles. The van der Waals surface area contributed by atoms with Crippen molar-refractivity contribution in [3.8, 4) is 5.75 Å². The summed E-state index contributed by atoms with van der Waals surface area (Å²) in [6, 6.07) is 8.17. The third-order valence-electron chi connectivity index (χ3n) is 3.59. The number of carbonyl (C=O) groups excluding carboxylic acids is 1. The number of thiol groups is 1. The van der Waals surface area contributed by atoms with E-state index in [9.17, 15) is 4.79 Å². The van der Waals surface area contributed by atoms with Gasteiger partial charge in [-0.15, -0.1) is 0 Å². The van der Waals surface area contributed by atoms with Gasteiger partial charge in [-0.05, 0) is 42.2 Å². The Kier molecular flexibility index (Phi) is 5.77. The van der Waals surface area contributed by atoms with Crippen LogP contribution >= 0.6 is 12.6 Å². The first-order chi connectivity index (χ1) is 9.72. The third-order valence-corrected chi connectivity index (χ3v) is 4.11. The molecule has 1 aromatic carbocycles. The predicted octanol–water partition coefficient (Wildman–Crippen LogP) is 2.80. The minimum atomic E-state index is 0.266. The van der Waals surface area contributed by atoms with Crippen LogP contribution in [0.15, 0.2) is 24.3 Å². The molecule has 0 saturated carbocycles. The van der Waals surface area contributed by atoms with Crippen molar-refractivity contribution in [3.05, 3.63) is 29.8 Å². The fraction of sp³-hybridized carbons (Fsp3) is 0.562. The van der Waals surface area contributed by atoms with E-state index in [4.69, 9.17) is 4.74 Å². The van der Waals surface area contributed by atoms with E-state index in [1.54, 1.807) is 0 Å². The lowest BCUT2D eigenvalue weighted by Crippen LogP contribution is -2.27. The van der Waals surface area contributed by atoms with Crippen LogP contribution in [-0.2, 0) is 11.2 Å². The number of likely N-dealkylation sites (tertiary alicyclic amines) is 1. The lowest BCUT2D eigenvalue weighted by atomic mass is 10.1. The molecule has 20 heavy (non-hydrogen) atoms. The van der Waals surface area contributed by atoms with Gasteiger partial charge in [0, 0.05) is 19.5 Å². The molecule has 1 fully saturated rings. The summed E-state index contributed by atoms with van der Waals surface area (Å²) >= 11 is 4.29. The molecule has 110 valence electrons. The Morgan fingerprint density at radius 3 is 3.00 bits per heavy atom. The number of amides is 1. The average Bonchev–Trinajstić information content (AvgIpc) is 2.84.